The standard InChI is InChI=1S/C6H9N5O4/c7-3(5(12)13)1-4(6(14)15)11-9-2-8-10-11/h2-4H,1,7H2,(H,12,13)(H,14,15). The number of carbonyl (C=O) groups is 2. The number of aliphatic carboxylic acids is 2. The van der Waals surface area contributed by atoms with E-state index < -0.39 is 24.0 Å². The Morgan fingerprint density at radius 2 is 2.07 bits per heavy atom. The van der Waals surface area contributed by atoms with Crippen molar-refractivity contribution in [2.45, 2.75) is 18.5 Å². The smallest absolute Gasteiger partial charge is 0.330 e. The first-order valence-corrected chi connectivity index (χ1v) is 3.96. The largest absolute Gasteiger partial charge is 0.480 e. The van der Waals surface area contributed by atoms with Crippen LogP contribution >= 0.6 is 0 Å². The molecular weight excluding hydrogens is 206 g/mol. The Morgan fingerprint density at radius 3 is 2.47 bits per heavy atom. The lowest BCUT2D eigenvalue weighted by Crippen LogP contribution is -2.36. The van der Waals surface area contributed by atoms with E-state index in [1.54, 1.807) is 0 Å². The number of hydrogen-bond donors (Lipinski definition) is 3. The normalized spacial score (nSPS) is 14.5. The van der Waals surface area contributed by atoms with E-state index in [0.29, 0.717) is 0 Å². The molecule has 0 radical (unpaired) electrons. The van der Waals surface area contributed by atoms with Gasteiger partial charge in [-0.05, 0) is 5.21 Å². The number of tetrazole rings is 1. The van der Waals surface area contributed by atoms with Gasteiger partial charge < -0.3 is 15.9 Å². The predicted molar refractivity (Wildman–Crippen MR) is 44.7 cm³/mol. The molecule has 1 aromatic rings. The van der Waals surface area contributed by atoms with Crippen LogP contribution in [0.15, 0.2) is 6.33 Å². The fourth-order valence-corrected chi connectivity index (χ4v) is 0.953. The zero-order valence-electron chi connectivity index (χ0n) is 7.52. The van der Waals surface area contributed by atoms with Gasteiger partial charge in [0.05, 0.1) is 0 Å². The van der Waals surface area contributed by atoms with Gasteiger partial charge in [-0.15, -0.1) is 15.0 Å². The number of nitrogens with zero attached hydrogens (tertiary/aromatic N) is 4. The zero-order valence-corrected chi connectivity index (χ0v) is 7.52. The molecular formula is C6H9N5O4. The molecule has 0 fully saturated rings. The van der Waals surface area contributed by atoms with Crippen LogP contribution in [0.1, 0.15) is 12.5 Å². The van der Waals surface area contributed by atoms with Gasteiger partial charge in [0.1, 0.15) is 6.04 Å². The van der Waals surface area contributed by atoms with Gasteiger partial charge in [-0.1, -0.05) is 0 Å². The lowest BCUT2D eigenvalue weighted by Gasteiger charge is -2.12. The summed E-state index contributed by atoms with van der Waals surface area (Å²) in [6, 6.07) is -2.50. The van der Waals surface area contributed by atoms with Gasteiger partial charge in [-0.25, -0.2) is 4.79 Å². The summed E-state index contributed by atoms with van der Waals surface area (Å²) in [6.45, 7) is 0. The first-order chi connectivity index (χ1) is 7.02. The number of hydrogen-bond acceptors (Lipinski definition) is 6. The van der Waals surface area contributed by atoms with Crippen LogP contribution in [0, 0.1) is 0 Å². The zero-order chi connectivity index (χ0) is 11.4. The minimum Gasteiger partial charge on any atom is -0.480 e. The molecule has 1 heterocycles. The van der Waals surface area contributed by atoms with Crippen LogP contribution in [0.5, 0.6) is 0 Å². The lowest BCUT2D eigenvalue weighted by molar-refractivity contribution is -0.143. The van der Waals surface area contributed by atoms with Crippen molar-refractivity contribution in [2.24, 2.45) is 5.73 Å². The molecule has 82 valence electrons. The SMILES string of the molecule is NC(CC(C(=O)O)n1ncnn1)C(=O)O. The molecule has 0 aliphatic carbocycles. The monoisotopic (exact) mass is 215 g/mol. The van der Waals surface area contributed by atoms with Crippen LogP contribution in [0.2, 0.25) is 0 Å². The fourth-order valence-electron chi connectivity index (χ4n) is 0.953. The molecule has 0 saturated carbocycles. The van der Waals surface area contributed by atoms with E-state index in [1.807, 2.05) is 0 Å². The van der Waals surface area contributed by atoms with Crippen molar-refractivity contribution in [2.75, 3.05) is 0 Å². The van der Waals surface area contributed by atoms with Gasteiger partial charge in [0.2, 0.25) is 0 Å². The maximum atomic E-state index is 10.8. The highest BCUT2D eigenvalue weighted by Crippen LogP contribution is 2.10. The second kappa shape index (κ2) is 4.46. The lowest BCUT2D eigenvalue weighted by atomic mass is 10.1. The summed E-state index contributed by atoms with van der Waals surface area (Å²) >= 11 is 0. The molecule has 0 aromatic carbocycles. The van der Waals surface area contributed by atoms with Crippen LogP contribution in [0.4, 0.5) is 0 Å². The topological polar surface area (TPSA) is 144 Å². The van der Waals surface area contributed by atoms with Crippen LogP contribution in [-0.2, 0) is 9.59 Å². The third kappa shape index (κ3) is 2.71. The number of carboxylic acids is 2. The summed E-state index contributed by atoms with van der Waals surface area (Å²) in [5.74, 6) is -2.54. The molecule has 0 aliphatic rings. The van der Waals surface area contributed by atoms with E-state index >= 15 is 0 Å². The number of aromatic nitrogens is 4. The quantitative estimate of drug-likeness (QED) is 0.516. The third-order valence-electron chi connectivity index (χ3n) is 1.72. The average molecular weight is 215 g/mol. The molecule has 0 amide bonds. The highest BCUT2D eigenvalue weighted by atomic mass is 16.4. The van der Waals surface area contributed by atoms with Crippen LogP contribution < -0.4 is 5.73 Å². The Balaban J connectivity index is 2.77. The van der Waals surface area contributed by atoms with Gasteiger partial charge in [-0.3, -0.25) is 4.79 Å². The second-order valence-corrected chi connectivity index (χ2v) is 2.79. The maximum Gasteiger partial charge on any atom is 0.330 e. The van der Waals surface area contributed by atoms with E-state index in [2.05, 4.69) is 15.4 Å². The van der Waals surface area contributed by atoms with Crippen molar-refractivity contribution < 1.29 is 19.8 Å². The van der Waals surface area contributed by atoms with E-state index in [9.17, 15) is 9.59 Å². The fraction of sp³-hybridized carbons (Fsp3) is 0.500. The molecule has 0 saturated heterocycles. The average Bonchev–Trinajstić information content (AvgIpc) is 2.65. The summed E-state index contributed by atoms with van der Waals surface area (Å²) < 4.78 is 0. The molecule has 2 unspecified atom stereocenters. The first-order valence-electron chi connectivity index (χ1n) is 3.96. The van der Waals surface area contributed by atoms with Crippen LogP contribution in [0.25, 0.3) is 0 Å². The Kier molecular flexibility index (Phi) is 3.29. The van der Waals surface area contributed by atoms with Gasteiger partial charge in [0, 0.05) is 6.42 Å². The Labute approximate surface area is 83.5 Å². The van der Waals surface area contributed by atoms with E-state index in [0.717, 1.165) is 11.1 Å². The molecule has 4 N–H and O–H groups in total. The first kappa shape index (κ1) is 11.0. The summed E-state index contributed by atoms with van der Waals surface area (Å²) in [6.07, 6.45) is 0.753. The maximum absolute atomic E-state index is 10.8. The molecule has 0 aliphatic heterocycles. The van der Waals surface area contributed by atoms with E-state index in [4.69, 9.17) is 15.9 Å². The van der Waals surface area contributed by atoms with Gasteiger partial charge in [-0.2, -0.15) is 0 Å². The van der Waals surface area contributed by atoms with Gasteiger partial charge >= 0.3 is 11.9 Å². The predicted octanol–water partition coefficient (Wildman–Crippen LogP) is -1.90. The highest BCUT2D eigenvalue weighted by Gasteiger charge is 2.27. The molecule has 0 spiro atoms. The molecule has 9 heteroatoms. The molecule has 15 heavy (non-hydrogen) atoms. The van der Waals surface area contributed by atoms with Crippen LogP contribution in [0.3, 0.4) is 0 Å². The van der Waals surface area contributed by atoms with E-state index in [1.165, 1.54) is 0 Å². The number of carboxylic acid groups (broad SMARTS) is 2. The van der Waals surface area contributed by atoms with E-state index in [-0.39, 0.29) is 6.42 Å². The minimum atomic E-state index is -1.28. The highest BCUT2D eigenvalue weighted by molar-refractivity contribution is 5.76. The molecule has 1 rings (SSSR count). The van der Waals surface area contributed by atoms with Crippen molar-refractivity contribution in [3.63, 3.8) is 0 Å². The van der Waals surface area contributed by atoms with Crippen molar-refractivity contribution in [1.29, 1.82) is 0 Å². The van der Waals surface area contributed by atoms with Crippen molar-refractivity contribution in [3.8, 4) is 0 Å². The third-order valence-corrected chi connectivity index (χ3v) is 1.72. The van der Waals surface area contributed by atoms with Gasteiger partial charge in [0.15, 0.2) is 12.4 Å². The molecule has 9 nitrogen and oxygen atoms in total. The number of rotatable bonds is 5. The Bertz CT molecular complexity index is 350. The Morgan fingerprint density at radius 1 is 1.40 bits per heavy atom. The number of nitrogens with two attached hydrogens (primary N) is 1. The molecule has 2 atom stereocenters. The molecule has 1 aromatic heterocycles. The minimum absolute atomic E-state index is 0.305. The van der Waals surface area contributed by atoms with Crippen molar-refractivity contribution in [1.82, 2.24) is 20.2 Å². The second-order valence-electron chi connectivity index (χ2n) is 2.79. The summed E-state index contributed by atoms with van der Waals surface area (Å²) in [4.78, 5) is 22.0. The Hall–Kier alpha value is -2.03. The summed E-state index contributed by atoms with van der Waals surface area (Å²) in [7, 11) is 0. The van der Waals surface area contributed by atoms with Gasteiger partial charge in [0.25, 0.3) is 0 Å². The summed E-state index contributed by atoms with van der Waals surface area (Å²) in [5.41, 5.74) is 5.21. The van der Waals surface area contributed by atoms with Crippen molar-refractivity contribution in [3.05, 3.63) is 6.33 Å². The van der Waals surface area contributed by atoms with Crippen LogP contribution in [-0.4, -0.2) is 48.4 Å². The molecule has 0 bridgehead atoms. The summed E-state index contributed by atoms with van der Waals surface area (Å²) in [5, 5.41) is 27.5. The van der Waals surface area contributed by atoms with Crippen molar-refractivity contribution >= 4 is 11.9 Å².